The molecule has 71 heavy (non-hydrogen) atoms. The standard InChI is InChI=1S/C65H41N5.U/c1-42-53(45-25-20-26-46(39-45)65-66-54(43-21-4-2-5-22-43)41-55(67-65)44-23-6-3-7-24-44)40-62(68-56-33-14-8-27-47(56)48-28-9-15-34-57(48)68)64(70-60-37-18-12-31-51(60)52-32-13-19-38-61(52)70)63(42)69-58-35-16-10-29-49(58)50-30-11-17-36-59(50)69;/h2-38,41H,1H3;/q-2;+2. The summed E-state index contributed by atoms with van der Waals surface area (Å²) in [6.45, 7) is 2.26. The summed E-state index contributed by atoms with van der Waals surface area (Å²) in [5, 5.41) is 7.12. The van der Waals surface area contributed by atoms with Crippen LogP contribution in [0.3, 0.4) is 0 Å². The summed E-state index contributed by atoms with van der Waals surface area (Å²) in [5.74, 6) is 0.604. The van der Waals surface area contributed by atoms with E-state index in [-0.39, 0.29) is 31.1 Å². The van der Waals surface area contributed by atoms with Crippen LogP contribution in [0.1, 0.15) is 5.56 Å². The second-order valence-electron chi connectivity index (χ2n) is 18.0. The normalized spacial score (nSPS) is 11.6. The fourth-order valence-corrected chi connectivity index (χ4v) is 10.9. The van der Waals surface area contributed by atoms with Gasteiger partial charge >= 0.3 is 31.1 Å². The van der Waals surface area contributed by atoms with E-state index in [0.29, 0.717) is 5.82 Å². The first-order chi connectivity index (χ1) is 34.7. The first-order valence-electron chi connectivity index (χ1n) is 23.8. The number of para-hydroxylation sites is 6. The third kappa shape index (κ3) is 6.82. The molecule has 0 fully saturated rings. The number of fused-ring (bicyclic) bond motifs is 9. The maximum Gasteiger partial charge on any atom is 2.00 e. The molecule has 10 aromatic carbocycles. The Labute approximate surface area is 434 Å². The van der Waals surface area contributed by atoms with Gasteiger partial charge in [0.25, 0.3) is 0 Å². The van der Waals surface area contributed by atoms with Crippen molar-refractivity contribution in [1.82, 2.24) is 23.7 Å². The zero-order valence-corrected chi connectivity index (χ0v) is 42.8. The number of hydrogen-bond acceptors (Lipinski definition) is 2. The monoisotopic (exact) mass is 1130 g/mol. The fraction of sp³-hybridized carbons (Fsp3) is 0.0154. The zero-order valence-electron chi connectivity index (χ0n) is 38.7. The van der Waals surface area contributed by atoms with E-state index in [9.17, 15) is 0 Å². The van der Waals surface area contributed by atoms with Crippen molar-refractivity contribution in [3.8, 4) is 62.1 Å². The minimum Gasteiger partial charge on any atom is -0.347 e. The largest absolute Gasteiger partial charge is 2.00 e. The minimum absolute atomic E-state index is 0. The molecule has 0 saturated carbocycles. The van der Waals surface area contributed by atoms with Crippen LogP contribution in [0, 0.1) is 50.2 Å². The summed E-state index contributed by atoms with van der Waals surface area (Å²) in [4.78, 5) is 10.5. The van der Waals surface area contributed by atoms with Crippen LogP contribution in [0.5, 0.6) is 0 Å². The molecule has 0 amide bonds. The summed E-state index contributed by atoms with van der Waals surface area (Å²) in [6, 6.07) is 90.0. The van der Waals surface area contributed by atoms with Crippen molar-refractivity contribution < 1.29 is 31.1 Å². The zero-order chi connectivity index (χ0) is 46.3. The van der Waals surface area contributed by atoms with Gasteiger partial charge in [0.1, 0.15) is 0 Å². The van der Waals surface area contributed by atoms with Gasteiger partial charge in [0.2, 0.25) is 0 Å². The third-order valence-electron chi connectivity index (χ3n) is 14.0. The fourth-order valence-electron chi connectivity index (χ4n) is 10.9. The van der Waals surface area contributed by atoms with E-state index in [0.717, 1.165) is 94.9 Å². The molecule has 14 aromatic rings. The van der Waals surface area contributed by atoms with Crippen LogP contribution in [-0.4, -0.2) is 23.7 Å². The van der Waals surface area contributed by atoms with Gasteiger partial charge in [0.15, 0.2) is 0 Å². The van der Waals surface area contributed by atoms with E-state index >= 15 is 0 Å². The summed E-state index contributed by atoms with van der Waals surface area (Å²) >= 11 is 0. The van der Waals surface area contributed by atoms with Gasteiger partial charge in [0, 0.05) is 49.0 Å². The average Bonchev–Trinajstić information content (AvgIpc) is 4.07. The molecule has 14 rings (SSSR count). The number of nitrogens with zero attached hydrogens (tertiary/aromatic N) is 5. The summed E-state index contributed by atoms with van der Waals surface area (Å²) in [7, 11) is 0. The quantitative estimate of drug-likeness (QED) is 0.149. The summed E-state index contributed by atoms with van der Waals surface area (Å²) < 4.78 is 7.42. The molecule has 0 N–H and O–H groups in total. The molecule has 0 atom stereocenters. The Morgan fingerprint density at radius 1 is 0.338 bits per heavy atom. The van der Waals surface area contributed by atoms with Gasteiger partial charge in [0.05, 0.1) is 39.3 Å². The smallest absolute Gasteiger partial charge is 0.347 e. The van der Waals surface area contributed by atoms with E-state index in [2.05, 4.69) is 251 Å². The van der Waals surface area contributed by atoms with Crippen molar-refractivity contribution in [3.05, 3.63) is 248 Å². The molecule has 0 bridgehead atoms. The molecule has 6 heteroatoms. The van der Waals surface area contributed by atoms with E-state index < -0.39 is 0 Å². The SMILES string of the molecule is Cc1c(-c2[c-]c(-c3nc(-c4ccccc4)cc(-c4ccccc4)n3)ccc2)[c-]c(-n2c3ccccc3c3ccccc32)c(-n2c3ccccc3c3ccccc32)c1-n1c2ccccc2c2ccccc21.[U+2]. The second kappa shape index (κ2) is 17.3. The van der Waals surface area contributed by atoms with Gasteiger partial charge in [-0.1, -0.05) is 182 Å². The molecule has 0 aliphatic rings. The van der Waals surface area contributed by atoms with Crippen molar-refractivity contribution in [1.29, 1.82) is 0 Å². The summed E-state index contributed by atoms with van der Waals surface area (Å²) in [6.07, 6.45) is 0. The van der Waals surface area contributed by atoms with E-state index in [1.165, 1.54) is 32.3 Å². The molecular weight excluding hydrogens is 1090 g/mol. The summed E-state index contributed by atoms with van der Waals surface area (Å²) in [5.41, 5.74) is 17.1. The molecule has 0 radical (unpaired) electrons. The molecule has 0 unspecified atom stereocenters. The van der Waals surface area contributed by atoms with E-state index in [1.807, 2.05) is 12.1 Å². The van der Waals surface area contributed by atoms with Crippen LogP contribution in [0.15, 0.2) is 231 Å². The van der Waals surface area contributed by atoms with Gasteiger partial charge in [-0.15, -0.1) is 17.7 Å². The van der Waals surface area contributed by atoms with Crippen molar-refractivity contribution in [2.45, 2.75) is 6.92 Å². The molecule has 0 aliphatic heterocycles. The van der Waals surface area contributed by atoms with Crippen molar-refractivity contribution in [2.24, 2.45) is 0 Å². The molecular formula is C65H41N5U. The molecule has 0 spiro atoms. The van der Waals surface area contributed by atoms with Crippen LogP contribution in [0.2, 0.25) is 0 Å². The molecule has 0 aliphatic carbocycles. The maximum absolute atomic E-state index is 5.25. The molecule has 5 nitrogen and oxygen atoms in total. The maximum atomic E-state index is 5.25. The third-order valence-corrected chi connectivity index (χ3v) is 14.0. The predicted molar refractivity (Wildman–Crippen MR) is 289 cm³/mol. The Morgan fingerprint density at radius 3 is 1.11 bits per heavy atom. The van der Waals surface area contributed by atoms with Crippen LogP contribution in [0.25, 0.3) is 128 Å². The first kappa shape index (κ1) is 42.8. The number of rotatable bonds is 7. The van der Waals surface area contributed by atoms with Crippen LogP contribution >= 0.6 is 0 Å². The molecule has 4 aromatic heterocycles. The first-order valence-corrected chi connectivity index (χ1v) is 23.8. The Morgan fingerprint density at radius 2 is 0.690 bits per heavy atom. The van der Waals surface area contributed by atoms with Gasteiger partial charge < -0.3 is 13.7 Å². The van der Waals surface area contributed by atoms with Crippen LogP contribution < -0.4 is 0 Å². The van der Waals surface area contributed by atoms with E-state index in [4.69, 9.17) is 9.97 Å². The van der Waals surface area contributed by atoms with Gasteiger partial charge in [-0.05, 0) is 65.0 Å². The van der Waals surface area contributed by atoms with Crippen molar-refractivity contribution >= 4 is 65.4 Å². The topological polar surface area (TPSA) is 40.6 Å². The Kier molecular flexibility index (Phi) is 10.4. The van der Waals surface area contributed by atoms with Gasteiger partial charge in [-0.3, -0.25) is 9.97 Å². The predicted octanol–water partition coefficient (Wildman–Crippen LogP) is 16.3. The Hall–Kier alpha value is -8.27. The second-order valence-corrected chi connectivity index (χ2v) is 18.0. The van der Waals surface area contributed by atoms with Gasteiger partial charge in [-0.2, -0.15) is 23.8 Å². The molecule has 330 valence electrons. The minimum atomic E-state index is 0. The Bertz CT molecular complexity index is 4150. The van der Waals surface area contributed by atoms with E-state index in [1.54, 1.807) is 0 Å². The van der Waals surface area contributed by atoms with Crippen LogP contribution in [-0.2, 0) is 0 Å². The van der Waals surface area contributed by atoms with Gasteiger partial charge in [-0.25, -0.2) is 5.56 Å². The number of aromatic nitrogens is 5. The van der Waals surface area contributed by atoms with Crippen molar-refractivity contribution in [3.63, 3.8) is 0 Å². The number of benzene rings is 10. The van der Waals surface area contributed by atoms with Crippen LogP contribution in [0.4, 0.5) is 0 Å². The van der Waals surface area contributed by atoms with Crippen molar-refractivity contribution in [2.75, 3.05) is 0 Å². The average molecular weight is 1130 g/mol. The molecule has 0 saturated heterocycles. The Balaban J connectivity index is 0.00000492. The molecule has 4 heterocycles. The number of hydrogen-bond donors (Lipinski definition) is 0.